The number of methoxy groups -OCH3 is 1. The minimum absolute atomic E-state index is 0.00727. The van der Waals surface area contributed by atoms with Crippen LogP contribution in [0.15, 0.2) is 42.5 Å². The van der Waals surface area contributed by atoms with Crippen molar-refractivity contribution in [1.29, 1.82) is 0 Å². The number of aryl methyl sites for hydroxylation is 1. The molecule has 120 valence electrons. The molecule has 0 aromatic heterocycles. The van der Waals surface area contributed by atoms with Crippen molar-refractivity contribution in [2.24, 2.45) is 0 Å². The van der Waals surface area contributed by atoms with Crippen LogP contribution in [0.4, 0.5) is 11.4 Å². The van der Waals surface area contributed by atoms with Crippen LogP contribution in [0.2, 0.25) is 5.02 Å². The predicted octanol–water partition coefficient (Wildman–Crippen LogP) is 3.49. The lowest BCUT2D eigenvalue weighted by Crippen LogP contribution is -2.17. The van der Waals surface area contributed by atoms with E-state index < -0.39 is 0 Å². The van der Waals surface area contributed by atoms with Crippen molar-refractivity contribution < 1.29 is 14.3 Å². The van der Waals surface area contributed by atoms with Gasteiger partial charge in [-0.3, -0.25) is 9.59 Å². The molecule has 2 aromatic carbocycles. The summed E-state index contributed by atoms with van der Waals surface area (Å²) in [5, 5.41) is 6.00. The van der Waals surface area contributed by atoms with E-state index in [1.165, 1.54) is 7.11 Å². The molecule has 0 aliphatic rings. The molecule has 23 heavy (non-hydrogen) atoms. The molecule has 2 rings (SSSR count). The number of carbonyl (C=O) groups excluding carboxylic acids is 2. The van der Waals surface area contributed by atoms with E-state index in [9.17, 15) is 9.59 Å². The fourth-order valence-electron chi connectivity index (χ4n) is 1.90. The molecule has 0 unspecified atom stereocenters. The van der Waals surface area contributed by atoms with Crippen molar-refractivity contribution in [3.05, 3.63) is 58.6 Å². The summed E-state index contributed by atoms with van der Waals surface area (Å²) in [6.45, 7) is 1.87. The molecule has 2 N–H and O–H groups in total. The number of amides is 2. The summed E-state index contributed by atoms with van der Waals surface area (Å²) in [6, 6.07) is 12.0. The fourth-order valence-corrected chi connectivity index (χ4v) is 2.08. The van der Waals surface area contributed by atoms with Gasteiger partial charge in [0.05, 0.1) is 0 Å². The second kappa shape index (κ2) is 7.76. The van der Waals surface area contributed by atoms with E-state index in [0.717, 1.165) is 5.56 Å². The summed E-state index contributed by atoms with van der Waals surface area (Å²) in [5.41, 5.74) is 2.65. The van der Waals surface area contributed by atoms with Gasteiger partial charge in [0.1, 0.15) is 6.61 Å². The van der Waals surface area contributed by atoms with E-state index in [4.69, 9.17) is 16.3 Å². The molecular formula is C17H17ClN2O3. The Bertz CT molecular complexity index is 714. The van der Waals surface area contributed by atoms with Crippen LogP contribution in [0.3, 0.4) is 0 Å². The zero-order chi connectivity index (χ0) is 16.8. The molecule has 0 spiro atoms. The van der Waals surface area contributed by atoms with Crippen molar-refractivity contribution in [1.82, 2.24) is 0 Å². The van der Waals surface area contributed by atoms with Gasteiger partial charge in [-0.25, -0.2) is 0 Å². The first-order valence-corrected chi connectivity index (χ1v) is 7.34. The molecule has 0 aliphatic heterocycles. The summed E-state index contributed by atoms with van der Waals surface area (Å²) >= 11 is 6.03. The Hall–Kier alpha value is -2.37. The molecule has 0 atom stereocenters. The molecule has 0 heterocycles. The van der Waals surface area contributed by atoms with Crippen LogP contribution in [-0.4, -0.2) is 25.5 Å². The number of anilines is 2. The fraction of sp³-hybridized carbons (Fsp3) is 0.176. The van der Waals surface area contributed by atoms with Gasteiger partial charge < -0.3 is 15.4 Å². The third kappa shape index (κ3) is 4.81. The number of rotatable bonds is 5. The maximum atomic E-state index is 12.2. The SMILES string of the molecule is COCC(=O)Nc1ccc(NC(=O)c2ccc(C)c(Cl)c2)cc1. The minimum atomic E-state index is -0.247. The van der Waals surface area contributed by atoms with E-state index in [-0.39, 0.29) is 18.4 Å². The highest BCUT2D eigenvalue weighted by Gasteiger charge is 2.08. The van der Waals surface area contributed by atoms with Crippen molar-refractivity contribution in [3.63, 3.8) is 0 Å². The molecule has 5 nitrogen and oxygen atoms in total. The summed E-state index contributed by atoms with van der Waals surface area (Å²) in [5.74, 6) is -0.485. The summed E-state index contributed by atoms with van der Waals surface area (Å²) in [7, 11) is 1.45. The maximum absolute atomic E-state index is 12.2. The topological polar surface area (TPSA) is 67.4 Å². The molecule has 0 fully saturated rings. The number of hydrogen-bond acceptors (Lipinski definition) is 3. The lowest BCUT2D eigenvalue weighted by atomic mass is 10.1. The van der Waals surface area contributed by atoms with Gasteiger partial charge >= 0.3 is 0 Å². The normalized spacial score (nSPS) is 10.2. The lowest BCUT2D eigenvalue weighted by Gasteiger charge is -2.08. The molecule has 0 saturated heterocycles. The molecular weight excluding hydrogens is 316 g/mol. The molecule has 0 aliphatic carbocycles. The summed E-state index contributed by atoms with van der Waals surface area (Å²) < 4.78 is 4.74. The van der Waals surface area contributed by atoms with Gasteiger partial charge in [0.15, 0.2) is 0 Å². The van der Waals surface area contributed by atoms with Crippen molar-refractivity contribution in [2.75, 3.05) is 24.4 Å². The highest BCUT2D eigenvalue weighted by molar-refractivity contribution is 6.31. The number of hydrogen-bond donors (Lipinski definition) is 2. The predicted molar refractivity (Wildman–Crippen MR) is 91.1 cm³/mol. The van der Waals surface area contributed by atoms with Gasteiger partial charge in [-0.15, -0.1) is 0 Å². The average molecular weight is 333 g/mol. The second-order valence-electron chi connectivity index (χ2n) is 4.98. The first-order valence-electron chi connectivity index (χ1n) is 6.96. The molecule has 2 aromatic rings. The van der Waals surface area contributed by atoms with Gasteiger partial charge in [-0.1, -0.05) is 17.7 Å². The molecule has 0 bridgehead atoms. The minimum Gasteiger partial charge on any atom is -0.375 e. The smallest absolute Gasteiger partial charge is 0.255 e. The molecule has 6 heteroatoms. The molecule has 0 radical (unpaired) electrons. The average Bonchev–Trinajstić information content (AvgIpc) is 2.52. The molecule has 0 saturated carbocycles. The number of halogens is 1. The third-order valence-corrected chi connectivity index (χ3v) is 3.54. The zero-order valence-corrected chi connectivity index (χ0v) is 13.6. The Morgan fingerprint density at radius 3 is 2.22 bits per heavy atom. The largest absolute Gasteiger partial charge is 0.375 e. The van der Waals surface area contributed by atoms with Crippen LogP contribution in [-0.2, 0) is 9.53 Å². The Kier molecular flexibility index (Phi) is 5.73. The first-order chi connectivity index (χ1) is 11.0. The van der Waals surface area contributed by atoms with Crippen molar-refractivity contribution in [2.45, 2.75) is 6.92 Å². The zero-order valence-electron chi connectivity index (χ0n) is 12.9. The Labute approximate surface area is 139 Å². The Morgan fingerprint density at radius 1 is 1.04 bits per heavy atom. The van der Waals surface area contributed by atoms with Crippen LogP contribution in [0.1, 0.15) is 15.9 Å². The lowest BCUT2D eigenvalue weighted by molar-refractivity contribution is -0.119. The second-order valence-corrected chi connectivity index (χ2v) is 5.38. The maximum Gasteiger partial charge on any atom is 0.255 e. The Morgan fingerprint density at radius 2 is 1.65 bits per heavy atom. The number of nitrogens with one attached hydrogen (secondary N) is 2. The monoisotopic (exact) mass is 332 g/mol. The van der Waals surface area contributed by atoms with Crippen molar-refractivity contribution in [3.8, 4) is 0 Å². The van der Waals surface area contributed by atoms with Gasteiger partial charge in [-0.05, 0) is 48.9 Å². The van der Waals surface area contributed by atoms with Crippen LogP contribution < -0.4 is 10.6 Å². The summed E-state index contributed by atoms with van der Waals surface area (Å²) in [4.78, 5) is 23.6. The number of benzene rings is 2. The van der Waals surface area contributed by atoms with Gasteiger partial charge in [0, 0.05) is 29.1 Å². The number of carbonyl (C=O) groups is 2. The quantitative estimate of drug-likeness (QED) is 0.880. The van der Waals surface area contributed by atoms with Gasteiger partial charge in [-0.2, -0.15) is 0 Å². The van der Waals surface area contributed by atoms with Gasteiger partial charge in [0.2, 0.25) is 5.91 Å². The van der Waals surface area contributed by atoms with Crippen LogP contribution in [0.5, 0.6) is 0 Å². The standard InChI is InChI=1S/C17H17ClN2O3/c1-11-3-4-12(9-15(11)18)17(22)20-14-7-5-13(6-8-14)19-16(21)10-23-2/h3-9H,10H2,1-2H3,(H,19,21)(H,20,22). The summed E-state index contributed by atoms with van der Waals surface area (Å²) in [6.07, 6.45) is 0. The van der Waals surface area contributed by atoms with E-state index in [2.05, 4.69) is 10.6 Å². The van der Waals surface area contributed by atoms with E-state index in [1.54, 1.807) is 42.5 Å². The highest BCUT2D eigenvalue weighted by Crippen LogP contribution is 2.19. The van der Waals surface area contributed by atoms with Crippen LogP contribution >= 0.6 is 11.6 Å². The van der Waals surface area contributed by atoms with E-state index in [0.29, 0.717) is 22.0 Å². The third-order valence-electron chi connectivity index (χ3n) is 3.14. The van der Waals surface area contributed by atoms with Gasteiger partial charge in [0.25, 0.3) is 5.91 Å². The van der Waals surface area contributed by atoms with E-state index in [1.807, 2.05) is 6.92 Å². The number of ether oxygens (including phenoxy) is 1. The van der Waals surface area contributed by atoms with Crippen LogP contribution in [0.25, 0.3) is 0 Å². The first kappa shape index (κ1) is 17.0. The molecule has 2 amide bonds. The van der Waals surface area contributed by atoms with E-state index >= 15 is 0 Å². The van der Waals surface area contributed by atoms with Crippen molar-refractivity contribution >= 4 is 34.8 Å². The Balaban J connectivity index is 2.01. The van der Waals surface area contributed by atoms with Crippen LogP contribution in [0, 0.1) is 6.92 Å². The highest BCUT2D eigenvalue weighted by atomic mass is 35.5.